The molecule has 1 aliphatic carbocycles. The maximum Gasteiger partial charge on any atom is 0.250 e. The normalized spacial score (nSPS) is 22.9. The Bertz CT molecular complexity index is 476. The zero-order valence-corrected chi connectivity index (χ0v) is 11.5. The Morgan fingerprint density at radius 2 is 2.05 bits per heavy atom. The van der Waals surface area contributed by atoms with E-state index in [0.29, 0.717) is 5.54 Å². The van der Waals surface area contributed by atoms with E-state index >= 15 is 0 Å². The van der Waals surface area contributed by atoms with E-state index < -0.39 is 0 Å². The van der Waals surface area contributed by atoms with E-state index in [1.807, 2.05) is 16.8 Å². The van der Waals surface area contributed by atoms with Crippen molar-refractivity contribution in [3.63, 3.8) is 0 Å². The Morgan fingerprint density at radius 3 is 2.84 bits per heavy atom. The predicted octanol–water partition coefficient (Wildman–Crippen LogP) is 1.07. The maximum atomic E-state index is 11.7. The fourth-order valence-electron chi connectivity index (χ4n) is 3.51. The number of nitrogens with zero attached hydrogens (tertiary/aromatic N) is 2. The van der Waals surface area contributed by atoms with Gasteiger partial charge in [0.2, 0.25) is 0 Å². The Hall–Kier alpha value is -1.13. The summed E-state index contributed by atoms with van der Waals surface area (Å²) in [5.74, 6) is 0. The second-order valence-electron chi connectivity index (χ2n) is 5.92. The first-order valence-corrected chi connectivity index (χ1v) is 7.40. The molecule has 1 aromatic heterocycles. The summed E-state index contributed by atoms with van der Waals surface area (Å²) < 4.78 is 1.81. The first kappa shape index (κ1) is 12.9. The van der Waals surface area contributed by atoms with Gasteiger partial charge in [-0.3, -0.25) is 9.69 Å². The minimum absolute atomic E-state index is 0.105. The quantitative estimate of drug-likeness (QED) is 0.884. The van der Waals surface area contributed by atoms with Crippen molar-refractivity contribution in [2.75, 3.05) is 26.2 Å². The Morgan fingerprint density at radius 1 is 1.21 bits per heavy atom. The van der Waals surface area contributed by atoms with E-state index in [-0.39, 0.29) is 5.56 Å². The third kappa shape index (κ3) is 2.90. The topological polar surface area (TPSA) is 37.3 Å². The van der Waals surface area contributed by atoms with Crippen molar-refractivity contribution in [3.8, 4) is 0 Å². The number of hydrogen-bond acceptors (Lipinski definition) is 3. The van der Waals surface area contributed by atoms with Crippen LogP contribution in [-0.2, 0) is 6.54 Å². The molecule has 2 aliphatic rings. The van der Waals surface area contributed by atoms with E-state index in [4.69, 9.17) is 0 Å². The summed E-state index contributed by atoms with van der Waals surface area (Å²) in [7, 11) is 0. The molecule has 104 valence electrons. The molecule has 2 heterocycles. The predicted molar refractivity (Wildman–Crippen MR) is 76.3 cm³/mol. The zero-order chi connectivity index (χ0) is 13.1. The van der Waals surface area contributed by atoms with Crippen molar-refractivity contribution >= 4 is 0 Å². The summed E-state index contributed by atoms with van der Waals surface area (Å²) in [6, 6.07) is 5.37. The molecule has 0 radical (unpaired) electrons. The van der Waals surface area contributed by atoms with Crippen molar-refractivity contribution in [3.05, 3.63) is 34.7 Å². The van der Waals surface area contributed by atoms with Crippen LogP contribution in [0.3, 0.4) is 0 Å². The largest absolute Gasteiger partial charge is 0.314 e. The average molecular weight is 261 g/mol. The van der Waals surface area contributed by atoms with E-state index in [1.54, 1.807) is 12.1 Å². The lowest BCUT2D eigenvalue weighted by atomic mass is 9.94. The Labute approximate surface area is 114 Å². The lowest BCUT2D eigenvalue weighted by Crippen LogP contribution is -2.59. The molecule has 0 unspecified atom stereocenters. The van der Waals surface area contributed by atoms with Gasteiger partial charge in [0.15, 0.2) is 0 Å². The Balaban J connectivity index is 1.58. The van der Waals surface area contributed by atoms with Gasteiger partial charge in [-0.1, -0.05) is 18.9 Å². The molecule has 1 saturated carbocycles. The summed E-state index contributed by atoms with van der Waals surface area (Å²) in [5.41, 5.74) is 0.480. The van der Waals surface area contributed by atoms with Crippen molar-refractivity contribution in [2.45, 2.75) is 37.8 Å². The minimum atomic E-state index is 0.105. The fraction of sp³-hybridized carbons (Fsp3) is 0.667. The number of pyridine rings is 1. The zero-order valence-electron chi connectivity index (χ0n) is 11.5. The monoisotopic (exact) mass is 261 g/mol. The molecule has 1 saturated heterocycles. The molecule has 4 nitrogen and oxygen atoms in total. The van der Waals surface area contributed by atoms with E-state index in [9.17, 15) is 4.79 Å². The SMILES string of the molecule is O=c1ccccn1CCN1CCNC2(CCCC2)C1. The highest BCUT2D eigenvalue weighted by atomic mass is 16.1. The van der Waals surface area contributed by atoms with Gasteiger partial charge in [-0.15, -0.1) is 0 Å². The molecular formula is C15H23N3O. The van der Waals surface area contributed by atoms with Gasteiger partial charge in [0.1, 0.15) is 0 Å². The van der Waals surface area contributed by atoms with Gasteiger partial charge in [-0.05, 0) is 18.9 Å². The molecule has 3 rings (SSSR count). The third-order valence-corrected chi connectivity index (χ3v) is 4.57. The van der Waals surface area contributed by atoms with Crippen molar-refractivity contribution in [1.29, 1.82) is 0 Å². The highest BCUT2D eigenvalue weighted by molar-refractivity contribution is 4.98. The highest BCUT2D eigenvalue weighted by Crippen LogP contribution is 2.31. The number of hydrogen-bond donors (Lipinski definition) is 1. The molecule has 0 amide bonds. The number of piperazine rings is 1. The standard InChI is InChI=1S/C15H23N3O/c19-14-5-1-4-9-18(14)12-11-17-10-8-16-15(13-17)6-2-3-7-15/h1,4-5,9,16H,2-3,6-8,10-13H2. The smallest absolute Gasteiger partial charge is 0.250 e. The second-order valence-corrected chi connectivity index (χ2v) is 5.92. The third-order valence-electron chi connectivity index (χ3n) is 4.57. The van der Waals surface area contributed by atoms with Crippen LogP contribution in [-0.4, -0.2) is 41.2 Å². The first-order valence-electron chi connectivity index (χ1n) is 7.40. The van der Waals surface area contributed by atoms with Crippen molar-refractivity contribution < 1.29 is 0 Å². The highest BCUT2D eigenvalue weighted by Gasteiger charge is 2.37. The van der Waals surface area contributed by atoms with Gasteiger partial charge in [-0.25, -0.2) is 0 Å². The number of rotatable bonds is 3. The molecular weight excluding hydrogens is 238 g/mol. The van der Waals surface area contributed by atoms with E-state index in [1.165, 1.54) is 25.7 Å². The van der Waals surface area contributed by atoms with Crippen molar-refractivity contribution in [1.82, 2.24) is 14.8 Å². The number of aromatic nitrogens is 1. The number of nitrogens with one attached hydrogen (secondary N) is 1. The van der Waals surface area contributed by atoms with Crippen LogP contribution in [0.4, 0.5) is 0 Å². The first-order chi connectivity index (χ1) is 9.27. The van der Waals surface area contributed by atoms with Gasteiger partial charge >= 0.3 is 0 Å². The lowest BCUT2D eigenvalue weighted by Gasteiger charge is -2.41. The average Bonchev–Trinajstić information content (AvgIpc) is 2.86. The van der Waals surface area contributed by atoms with Crippen LogP contribution in [0.5, 0.6) is 0 Å². The van der Waals surface area contributed by atoms with Crippen molar-refractivity contribution in [2.24, 2.45) is 0 Å². The maximum absolute atomic E-state index is 11.7. The van der Waals surface area contributed by atoms with Gasteiger partial charge in [0.05, 0.1) is 0 Å². The van der Waals surface area contributed by atoms with Crippen LogP contribution in [0.25, 0.3) is 0 Å². The molecule has 1 spiro atoms. The van der Waals surface area contributed by atoms with Crippen LogP contribution < -0.4 is 10.9 Å². The van der Waals surface area contributed by atoms with Gasteiger partial charge in [0, 0.05) is 50.5 Å². The summed E-state index contributed by atoms with van der Waals surface area (Å²) in [4.78, 5) is 14.2. The van der Waals surface area contributed by atoms with Crippen LogP contribution in [0.15, 0.2) is 29.2 Å². The molecule has 2 fully saturated rings. The van der Waals surface area contributed by atoms with Gasteiger partial charge < -0.3 is 9.88 Å². The lowest BCUT2D eigenvalue weighted by molar-refractivity contribution is 0.131. The van der Waals surface area contributed by atoms with Crippen LogP contribution in [0, 0.1) is 0 Å². The minimum Gasteiger partial charge on any atom is -0.314 e. The Kier molecular flexibility index (Phi) is 3.71. The molecule has 1 aromatic rings. The van der Waals surface area contributed by atoms with Crippen LogP contribution in [0.2, 0.25) is 0 Å². The van der Waals surface area contributed by atoms with Gasteiger partial charge in [-0.2, -0.15) is 0 Å². The summed E-state index contributed by atoms with van der Waals surface area (Å²) in [6.45, 7) is 5.12. The molecule has 4 heteroatoms. The van der Waals surface area contributed by atoms with Gasteiger partial charge in [0.25, 0.3) is 5.56 Å². The second kappa shape index (κ2) is 5.47. The summed E-state index contributed by atoms with van der Waals surface area (Å²) >= 11 is 0. The summed E-state index contributed by atoms with van der Waals surface area (Å²) in [5, 5.41) is 3.72. The van der Waals surface area contributed by atoms with E-state index in [0.717, 1.165) is 32.7 Å². The van der Waals surface area contributed by atoms with Crippen LogP contribution >= 0.6 is 0 Å². The van der Waals surface area contributed by atoms with E-state index in [2.05, 4.69) is 10.2 Å². The van der Waals surface area contributed by atoms with Crippen LogP contribution in [0.1, 0.15) is 25.7 Å². The fourth-order valence-corrected chi connectivity index (χ4v) is 3.51. The molecule has 0 atom stereocenters. The molecule has 0 aromatic carbocycles. The summed E-state index contributed by atoms with van der Waals surface area (Å²) in [6.07, 6.45) is 7.23. The molecule has 1 N–H and O–H groups in total. The molecule has 1 aliphatic heterocycles. The molecule has 19 heavy (non-hydrogen) atoms. The molecule has 0 bridgehead atoms.